The van der Waals surface area contributed by atoms with E-state index in [1.165, 1.54) is 24.0 Å². The van der Waals surface area contributed by atoms with Gasteiger partial charge in [0.15, 0.2) is 5.78 Å². The molecule has 3 aromatic carbocycles. The summed E-state index contributed by atoms with van der Waals surface area (Å²) >= 11 is 0. The third kappa shape index (κ3) is 9.17. The summed E-state index contributed by atoms with van der Waals surface area (Å²) in [7, 11) is -2.40. The largest absolute Gasteiger partial charge is 0.497 e. The standard InChI is InChI=1S/C32H39N3O6S/c1-5-6-18-33-32(38)30(20-25-12-8-7-9-13-25)34(22-26-14-10-17-29(19-26)41-3)31(37)23-35(42(4,39)40)28-16-11-15-27(21-28)24(2)36/h7-17,19,21,30H,5-6,18,20,22-23H2,1-4H3,(H,33,38)/t30-/m0/s1. The Balaban J connectivity index is 2.07. The third-order valence-electron chi connectivity index (χ3n) is 6.81. The number of unbranched alkanes of at least 4 members (excludes halogenated alkanes) is 1. The molecule has 0 aromatic heterocycles. The molecule has 224 valence electrons. The number of hydrogen-bond donors (Lipinski definition) is 1. The van der Waals surface area contributed by atoms with Gasteiger partial charge in [-0.05, 0) is 48.7 Å². The van der Waals surface area contributed by atoms with Crippen LogP contribution in [0.1, 0.15) is 48.2 Å². The first-order valence-corrected chi connectivity index (χ1v) is 15.7. The first-order valence-electron chi connectivity index (χ1n) is 13.9. The van der Waals surface area contributed by atoms with E-state index in [9.17, 15) is 22.8 Å². The number of hydrogen-bond acceptors (Lipinski definition) is 6. The average Bonchev–Trinajstić information content (AvgIpc) is 2.97. The molecule has 0 heterocycles. The molecule has 0 fully saturated rings. The zero-order valence-corrected chi connectivity index (χ0v) is 25.4. The Bertz CT molecular complexity index is 1480. The average molecular weight is 594 g/mol. The molecule has 0 radical (unpaired) electrons. The maximum atomic E-state index is 14.2. The monoisotopic (exact) mass is 593 g/mol. The highest BCUT2D eigenvalue weighted by Gasteiger charge is 2.33. The van der Waals surface area contributed by atoms with Crippen LogP contribution in [0.5, 0.6) is 5.75 Å². The van der Waals surface area contributed by atoms with Gasteiger partial charge in [0.05, 0.1) is 19.1 Å². The molecule has 1 N–H and O–H groups in total. The summed E-state index contributed by atoms with van der Waals surface area (Å²) in [6, 6.07) is 21.8. The van der Waals surface area contributed by atoms with Crippen LogP contribution < -0.4 is 14.4 Å². The number of ether oxygens (including phenoxy) is 1. The van der Waals surface area contributed by atoms with Crippen LogP contribution >= 0.6 is 0 Å². The predicted octanol–water partition coefficient (Wildman–Crippen LogP) is 4.22. The molecule has 0 bridgehead atoms. The van der Waals surface area contributed by atoms with Crippen LogP contribution in [0, 0.1) is 0 Å². The lowest BCUT2D eigenvalue weighted by Gasteiger charge is -2.33. The molecule has 0 saturated heterocycles. The zero-order valence-electron chi connectivity index (χ0n) is 24.6. The fraction of sp³-hybridized carbons (Fsp3) is 0.344. The van der Waals surface area contributed by atoms with Crippen LogP contribution in [-0.4, -0.2) is 63.4 Å². The minimum Gasteiger partial charge on any atom is -0.497 e. The van der Waals surface area contributed by atoms with E-state index in [2.05, 4.69) is 5.32 Å². The zero-order chi connectivity index (χ0) is 30.7. The van der Waals surface area contributed by atoms with Gasteiger partial charge in [-0.3, -0.25) is 18.7 Å². The second-order valence-electron chi connectivity index (χ2n) is 10.1. The van der Waals surface area contributed by atoms with Gasteiger partial charge in [-0.15, -0.1) is 0 Å². The van der Waals surface area contributed by atoms with Gasteiger partial charge in [0, 0.05) is 25.1 Å². The van der Waals surface area contributed by atoms with E-state index in [-0.39, 0.29) is 30.3 Å². The molecule has 0 aliphatic carbocycles. The number of Topliss-reactive ketones (excluding diaryl/α,β-unsaturated/α-hetero) is 1. The van der Waals surface area contributed by atoms with Crippen LogP contribution in [-0.2, 0) is 32.6 Å². The number of carbonyl (C=O) groups is 3. The Morgan fingerprint density at radius 2 is 1.62 bits per heavy atom. The van der Waals surface area contributed by atoms with Crippen molar-refractivity contribution >= 4 is 33.3 Å². The summed E-state index contributed by atoms with van der Waals surface area (Å²) in [6.45, 7) is 3.34. The summed E-state index contributed by atoms with van der Waals surface area (Å²) in [6.07, 6.45) is 2.90. The summed E-state index contributed by atoms with van der Waals surface area (Å²) in [4.78, 5) is 41.2. The molecular formula is C32H39N3O6S. The van der Waals surface area contributed by atoms with E-state index in [0.717, 1.165) is 29.0 Å². The lowest BCUT2D eigenvalue weighted by molar-refractivity contribution is -0.140. The van der Waals surface area contributed by atoms with Crippen molar-refractivity contribution in [1.29, 1.82) is 0 Å². The fourth-order valence-corrected chi connectivity index (χ4v) is 5.36. The molecule has 0 spiro atoms. The number of anilines is 1. The van der Waals surface area contributed by atoms with Crippen molar-refractivity contribution in [2.75, 3.05) is 30.8 Å². The number of carbonyl (C=O) groups excluding carboxylic acids is 3. The van der Waals surface area contributed by atoms with E-state index in [4.69, 9.17) is 4.74 Å². The summed E-state index contributed by atoms with van der Waals surface area (Å²) in [5, 5.41) is 2.96. The van der Waals surface area contributed by atoms with Crippen molar-refractivity contribution < 1.29 is 27.5 Å². The van der Waals surface area contributed by atoms with Crippen molar-refractivity contribution in [3.63, 3.8) is 0 Å². The SMILES string of the molecule is CCCCNC(=O)[C@H](Cc1ccccc1)N(Cc1cccc(OC)c1)C(=O)CN(c1cccc(C(C)=O)c1)S(C)(=O)=O. The van der Waals surface area contributed by atoms with Crippen LogP contribution in [0.4, 0.5) is 5.69 Å². The molecule has 0 aliphatic heterocycles. The number of benzene rings is 3. The van der Waals surface area contributed by atoms with E-state index < -0.39 is 28.5 Å². The van der Waals surface area contributed by atoms with Crippen molar-refractivity contribution in [2.24, 2.45) is 0 Å². The lowest BCUT2D eigenvalue weighted by Crippen LogP contribution is -2.53. The molecule has 0 saturated carbocycles. The number of nitrogens with zero attached hydrogens (tertiary/aromatic N) is 2. The van der Waals surface area contributed by atoms with Crippen LogP contribution in [0.25, 0.3) is 0 Å². The van der Waals surface area contributed by atoms with Crippen molar-refractivity contribution in [3.8, 4) is 5.75 Å². The van der Waals surface area contributed by atoms with E-state index in [1.54, 1.807) is 37.4 Å². The van der Waals surface area contributed by atoms with E-state index in [1.807, 2.05) is 43.3 Å². The quantitative estimate of drug-likeness (QED) is 0.209. The summed E-state index contributed by atoms with van der Waals surface area (Å²) in [5.41, 5.74) is 2.07. The highest BCUT2D eigenvalue weighted by molar-refractivity contribution is 7.92. The Kier molecular flexibility index (Phi) is 11.7. The molecule has 10 heteroatoms. The predicted molar refractivity (Wildman–Crippen MR) is 164 cm³/mol. The molecule has 9 nitrogen and oxygen atoms in total. The highest BCUT2D eigenvalue weighted by atomic mass is 32.2. The third-order valence-corrected chi connectivity index (χ3v) is 7.95. The molecule has 42 heavy (non-hydrogen) atoms. The Morgan fingerprint density at radius 3 is 2.26 bits per heavy atom. The summed E-state index contributed by atoms with van der Waals surface area (Å²) in [5.74, 6) is -0.537. The Hall–Kier alpha value is -4.18. The van der Waals surface area contributed by atoms with Gasteiger partial charge in [0.25, 0.3) is 0 Å². The lowest BCUT2D eigenvalue weighted by atomic mass is 10.0. The molecule has 1 atom stereocenters. The molecule has 3 aromatic rings. The van der Waals surface area contributed by atoms with Gasteiger partial charge >= 0.3 is 0 Å². The fourth-order valence-electron chi connectivity index (χ4n) is 4.52. The Labute approximate surface area is 248 Å². The normalized spacial score (nSPS) is 11.8. The maximum absolute atomic E-state index is 14.2. The van der Waals surface area contributed by atoms with Crippen molar-refractivity contribution in [3.05, 3.63) is 95.6 Å². The molecular weight excluding hydrogens is 554 g/mol. The van der Waals surface area contributed by atoms with Gasteiger partial charge in [0.2, 0.25) is 21.8 Å². The van der Waals surface area contributed by atoms with Gasteiger partial charge < -0.3 is 15.0 Å². The molecule has 0 aliphatic rings. The van der Waals surface area contributed by atoms with Crippen LogP contribution in [0.15, 0.2) is 78.9 Å². The smallest absolute Gasteiger partial charge is 0.244 e. The van der Waals surface area contributed by atoms with Gasteiger partial charge in [0.1, 0.15) is 18.3 Å². The first-order chi connectivity index (χ1) is 20.0. The van der Waals surface area contributed by atoms with Gasteiger partial charge in [-0.1, -0.05) is 67.9 Å². The number of rotatable bonds is 15. The topological polar surface area (TPSA) is 113 Å². The minimum atomic E-state index is -3.94. The van der Waals surface area contributed by atoms with Crippen LogP contribution in [0.3, 0.4) is 0 Å². The first kappa shape index (κ1) is 32.3. The number of methoxy groups -OCH3 is 1. The van der Waals surface area contributed by atoms with E-state index in [0.29, 0.717) is 23.4 Å². The van der Waals surface area contributed by atoms with Gasteiger partial charge in [-0.2, -0.15) is 0 Å². The number of ketones is 1. The second-order valence-corrected chi connectivity index (χ2v) is 12.0. The molecule has 0 unspecified atom stereocenters. The Morgan fingerprint density at radius 1 is 0.929 bits per heavy atom. The summed E-state index contributed by atoms with van der Waals surface area (Å²) < 4.78 is 32.2. The van der Waals surface area contributed by atoms with Crippen molar-refractivity contribution in [2.45, 2.75) is 45.7 Å². The molecule has 2 amide bonds. The second kappa shape index (κ2) is 15.2. The van der Waals surface area contributed by atoms with Crippen LogP contribution in [0.2, 0.25) is 0 Å². The van der Waals surface area contributed by atoms with E-state index >= 15 is 0 Å². The maximum Gasteiger partial charge on any atom is 0.244 e. The number of amides is 2. The van der Waals surface area contributed by atoms with Crippen molar-refractivity contribution in [1.82, 2.24) is 10.2 Å². The molecule has 3 rings (SSSR count). The highest BCUT2D eigenvalue weighted by Crippen LogP contribution is 2.23. The van der Waals surface area contributed by atoms with Gasteiger partial charge in [-0.25, -0.2) is 8.42 Å². The minimum absolute atomic E-state index is 0.0415. The number of nitrogens with one attached hydrogen (secondary N) is 1. The number of sulfonamides is 1.